The van der Waals surface area contributed by atoms with Crippen molar-refractivity contribution in [3.05, 3.63) is 119 Å². The molecular formula is C39H40N6O2. The number of aryl methyl sites for hydroxylation is 1. The number of hydrogen-bond donors (Lipinski definition) is 0. The molecule has 2 aromatic heterocycles. The number of carbonyl (C=O) groups excluding carboxylic acids is 2. The second kappa shape index (κ2) is 13.6. The molecule has 2 aliphatic heterocycles. The monoisotopic (exact) mass is 624 g/mol. The topological polar surface area (TPSA) is 72.9 Å². The van der Waals surface area contributed by atoms with Crippen LogP contribution in [0.15, 0.2) is 91.3 Å². The van der Waals surface area contributed by atoms with Gasteiger partial charge < -0.3 is 0 Å². The third-order valence-corrected chi connectivity index (χ3v) is 8.42. The first-order valence-corrected chi connectivity index (χ1v) is 15.6. The van der Waals surface area contributed by atoms with Gasteiger partial charge in [-0.2, -0.15) is 0 Å². The standard InChI is InChI=1S/C20H21N3O.C19H19N3O/c1-15-6-5-7-16(12-15)8-9-17-10-11-18(21-14-17)23-19(24)13-20(2,3)22(23)4;1-19(2)13-18(23)22(21(19)3)17-12-11-16(14-20-17)10-9-15-7-5-4-6-8-15/h5-7,10-12,14H,13H2,1-4H3;4-8,11-12,14H,13H2,1-3H3. The molecular weight excluding hydrogens is 584 g/mol. The molecule has 0 unspecified atom stereocenters. The number of hydrogen-bond acceptors (Lipinski definition) is 6. The smallest absolute Gasteiger partial charge is 0.244 e. The molecule has 0 atom stereocenters. The Kier molecular flexibility index (Phi) is 9.58. The van der Waals surface area contributed by atoms with Crippen LogP contribution in [0.3, 0.4) is 0 Å². The van der Waals surface area contributed by atoms with E-state index in [-0.39, 0.29) is 22.9 Å². The van der Waals surface area contributed by atoms with E-state index in [0.717, 1.165) is 22.3 Å². The van der Waals surface area contributed by atoms with E-state index >= 15 is 0 Å². The van der Waals surface area contributed by atoms with Crippen LogP contribution in [0.4, 0.5) is 11.6 Å². The molecule has 2 saturated heterocycles. The summed E-state index contributed by atoms with van der Waals surface area (Å²) in [7, 11) is 3.83. The Morgan fingerprint density at radius 2 is 1.02 bits per heavy atom. The predicted molar refractivity (Wildman–Crippen MR) is 186 cm³/mol. The molecule has 0 aliphatic carbocycles. The number of aromatic nitrogens is 2. The fraction of sp³-hybridized carbons (Fsp3) is 0.282. The minimum atomic E-state index is -0.192. The van der Waals surface area contributed by atoms with Crippen molar-refractivity contribution in [2.45, 2.75) is 58.5 Å². The van der Waals surface area contributed by atoms with Crippen molar-refractivity contribution < 1.29 is 9.59 Å². The molecule has 0 radical (unpaired) electrons. The highest BCUT2D eigenvalue weighted by Crippen LogP contribution is 2.32. The highest BCUT2D eigenvalue weighted by molar-refractivity contribution is 5.95. The first-order chi connectivity index (χ1) is 22.3. The van der Waals surface area contributed by atoms with Crippen LogP contribution in [-0.4, -0.2) is 57.0 Å². The zero-order valence-corrected chi connectivity index (χ0v) is 28.1. The van der Waals surface area contributed by atoms with E-state index in [9.17, 15) is 9.59 Å². The SMILES string of the molecule is CN1N(c2ccc(C#Cc3ccccc3)cn2)C(=O)CC1(C)C.Cc1cccc(C#Cc2ccc(N3C(=O)CC(C)(C)N3C)nc2)c1. The summed E-state index contributed by atoms with van der Waals surface area (Å²) in [5, 5.41) is 7.15. The quantitative estimate of drug-likeness (QED) is 0.255. The summed E-state index contributed by atoms with van der Waals surface area (Å²) in [6, 6.07) is 25.4. The van der Waals surface area contributed by atoms with Gasteiger partial charge in [-0.25, -0.2) is 30.0 Å². The molecule has 0 N–H and O–H groups in total. The molecule has 0 saturated carbocycles. The van der Waals surface area contributed by atoms with Gasteiger partial charge >= 0.3 is 0 Å². The van der Waals surface area contributed by atoms with E-state index in [4.69, 9.17) is 0 Å². The van der Waals surface area contributed by atoms with Gasteiger partial charge in [0.1, 0.15) is 11.6 Å². The van der Waals surface area contributed by atoms with Crippen LogP contribution in [0.2, 0.25) is 0 Å². The number of pyridine rings is 2. The molecule has 4 heterocycles. The number of benzene rings is 2. The largest absolute Gasteiger partial charge is 0.273 e. The van der Waals surface area contributed by atoms with Gasteiger partial charge in [0.05, 0.1) is 0 Å². The Bertz CT molecular complexity index is 1880. The second-order valence-corrected chi connectivity index (χ2v) is 13.0. The van der Waals surface area contributed by atoms with Gasteiger partial charge in [0, 0.05) is 72.7 Å². The average Bonchev–Trinajstić information content (AvgIpc) is 3.38. The lowest BCUT2D eigenvalue weighted by atomic mass is 10.0. The summed E-state index contributed by atoms with van der Waals surface area (Å²) in [6.45, 7) is 10.2. The third-order valence-electron chi connectivity index (χ3n) is 8.42. The van der Waals surface area contributed by atoms with Crippen molar-refractivity contribution in [1.29, 1.82) is 0 Å². The fourth-order valence-corrected chi connectivity index (χ4v) is 5.26. The maximum atomic E-state index is 12.2. The Morgan fingerprint density at radius 1 is 0.574 bits per heavy atom. The molecule has 238 valence electrons. The average molecular weight is 625 g/mol. The molecule has 47 heavy (non-hydrogen) atoms. The first kappa shape index (κ1) is 33.1. The van der Waals surface area contributed by atoms with Crippen molar-refractivity contribution >= 4 is 23.5 Å². The lowest BCUT2D eigenvalue weighted by molar-refractivity contribution is -0.118. The summed E-state index contributed by atoms with van der Waals surface area (Å²) >= 11 is 0. The maximum Gasteiger partial charge on any atom is 0.244 e. The van der Waals surface area contributed by atoms with Crippen LogP contribution in [-0.2, 0) is 9.59 Å². The van der Waals surface area contributed by atoms with E-state index in [1.165, 1.54) is 5.56 Å². The number of anilines is 2. The zero-order valence-electron chi connectivity index (χ0n) is 28.1. The molecule has 4 aromatic rings. The summed E-state index contributed by atoms with van der Waals surface area (Å²) in [4.78, 5) is 33.3. The number of rotatable bonds is 2. The Morgan fingerprint density at radius 3 is 1.43 bits per heavy atom. The summed E-state index contributed by atoms with van der Waals surface area (Å²) in [5.74, 6) is 13.8. The second-order valence-electron chi connectivity index (χ2n) is 13.0. The van der Waals surface area contributed by atoms with Crippen molar-refractivity contribution in [2.24, 2.45) is 0 Å². The summed E-state index contributed by atoms with van der Waals surface area (Å²) in [6.07, 6.45) is 4.39. The molecule has 2 amide bonds. The van der Waals surface area contributed by atoms with Gasteiger partial charge in [-0.05, 0) is 88.7 Å². The Balaban J connectivity index is 0.000000185. The van der Waals surface area contributed by atoms with E-state index < -0.39 is 0 Å². The molecule has 2 fully saturated rings. The minimum Gasteiger partial charge on any atom is -0.273 e. The van der Waals surface area contributed by atoms with Gasteiger partial charge in [0.2, 0.25) is 11.8 Å². The number of carbonyl (C=O) groups is 2. The van der Waals surface area contributed by atoms with Crippen molar-refractivity contribution in [3.8, 4) is 23.7 Å². The van der Waals surface area contributed by atoms with Crippen molar-refractivity contribution in [1.82, 2.24) is 20.0 Å². The summed E-state index contributed by atoms with van der Waals surface area (Å²) in [5.41, 5.74) is 4.41. The number of amides is 2. The molecule has 8 heteroatoms. The van der Waals surface area contributed by atoms with Gasteiger partial charge in [0.25, 0.3) is 0 Å². The lowest BCUT2D eigenvalue weighted by Crippen LogP contribution is -2.44. The fourth-order valence-electron chi connectivity index (χ4n) is 5.26. The van der Waals surface area contributed by atoms with E-state index in [1.54, 1.807) is 22.4 Å². The third kappa shape index (κ3) is 7.76. The van der Waals surface area contributed by atoms with Crippen LogP contribution in [0.1, 0.15) is 68.4 Å². The van der Waals surface area contributed by atoms with E-state index in [1.807, 2.05) is 132 Å². The summed E-state index contributed by atoms with van der Waals surface area (Å²) < 4.78 is 0. The molecule has 2 aliphatic rings. The lowest BCUT2D eigenvalue weighted by Gasteiger charge is -2.31. The van der Waals surface area contributed by atoms with E-state index in [2.05, 4.69) is 39.7 Å². The molecule has 0 spiro atoms. The van der Waals surface area contributed by atoms with Crippen molar-refractivity contribution in [2.75, 3.05) is 24.1 Å². The van der Waals surface area contributed by atoms with Crippen LogP contribution < -0.4 is 10.0 Å². The van der Waals surface area contributed by atoms with Gasteiger partial charge in [-0.3, -0.25) is 9.59 Å². The highest BCUT2D eigenvalue weighted by atomic mass is 16.2. The first-order valence-electron chi connectivity index (χ1n) is 15.6. The minimum absolute atomic E-state index is 0.0631. The van der Waals surface area contributed by atoms with Crippen LogP contribution in [0.5, 0.6) is 0 Å². The highest BCUT2D eigenvalue weighted by Gasteiger charge is 2.43. The van der Waals surface area contributed by atoms with Crippen molar-refractivity contribution in [3.63, 3.8) is 0 Å². The maximum absolute atomic E-state index is 12.2. The van der Waals surface area contributed by atoms with E-state index in [0.29, 0.717) is 24.5 Å². The molecule has 8 nitrogen and oxygen atoms in total. The van der Waals surface area contributed by atoms with Crippen LogP contribution >= 0.6 is 0 Å². The van der Waals surface area contributed by atoms with Gasteiger partial charge in [-0.15, -0.1) is 0 Å². The number of nitrogens with zero attached hydrogens (tertiary/aromatic N) is 6. The normalized spacial score (nSPS) is 16.9. The van der Waals surface area contributed by atoms with Crippen LogP contribution in [0, 0.1) is 30.6 Å². The Hall–Kier alpha value is -5.28. The zero-order chi connectivity index (χ0) is 33.8. The van der Waals surface area contributed by atoms with Gasteiger partial charge in [-0.1, -0.05) is 54.0 Å². The molecule has 2 aromatic carbocycles. The van der Waals surface area contributed by atoms with Gasteiger partial charge in [0.15, 0.2) is 0 Å². The van der Waals surface area contributed by atoms with Crippen LogP contribution in [0.25, 0.3) is 0 Å². The molecule has 6 rings (SSSR count). The predicted octanol–water partition coefficient (Wildman–Crippen LogP) is 6.00. The number of hydrazine groups is 2. The molecule has 0 bridgehead atoms. The Labute approximate surface area is 278 Å².